The molecule has 156 valence electrons. The van der Waals surface area contributed by atoms with Gasteiger partial charge in [0, 0.05) is 68.8 Å². The second kappa shape index (κ2) is 9.06. The first-order valence-electron chi connectivity index (χ1n) is 10.1. The summed E-state index contributed by atoms with van der Waals surface area (Å²) in [4.78, 5) is 9.47. The van der Waals surface area contributed by atoms with Gasteiger partial charge >= 0.3 is 0 Å². The molecule has 4 rings (SSSR count). The lowest BCUT2D eigenvalue weighted by Gasteiger charge is -2.55. The normalized spacial score (nSPS) is 29.6. The van der Waals surface area contributed by atoms with Crippen LogP contribution in [0.15, 0.2) is 29.3 Å². The maximum absolute atomic E-state index is 6.12. The number of hydrogen-bond donors (Lipinski definition) is 1. The molecule has 0 spiro atoms. The molecule has 1 aliphatic carbocycles. The standard InChI is InChI=1S/C21H31ClN4O.HI/c1-21(2)18(17-7-12-27-19(17)21)24-20(23-3)26-10-8-25(9-11-26)14-15-5-4-6-16(22)13-15;/h4-6,13,17-19H,7-12,14H2,1-3H3,(H,23,24);1H. The quantitative estimate of drug-likeness (QED) is 0.378. The monoisotopic (exact) mass is 518 g/mol. The van der Waals surface area contributed by atoms with Crippen molar-refractivity contribution in [2.75, 3.05) is 39.8 Å². The summed E-state index contributed by atoms with van der Waals surface area (Å²) >= 11 is 6.12. The highest BCUT2D eigenvalue weighted by Crippen LogP contribution is 2.52. The molecule has 1 N–H and O–H groups in total. The molecule has 0 bridgehead atoms. The Balaban J connectivity index is 0.00000225. The average Bonchev–Trinajstić information content (AvgIpc) is 3.11. The number of rotatable bonds is 3. The fraction of sp³-hybridized carbons (Fsp3) is 0.667. The Morgan fingerprint density at radius 3 is 2.71 bits per heavy atom. The number of hydrogen-bond acceptors (Lipinski definition) is 3. The lowest BCUT2D eigenvalue weighted by atomic mass is 9.57. The van der Waals surface area contributed by atoms with Crippen molar-refractivity contribution in [1.29, 1.82) is 0 Å². The van der Waals surface area contributed by atoms with Gasteiger partial charge in [-0.1, -0.05) is 37.6 Å². The summed E-state index contributed by atoms with van der Waals surface area (Å²) in [6.07, 6.45) is 1.57. The molecule has 1 aromatic rings. The van der Waals surface area contributed by atoms with Crippen LogP contribution >= 0.6 is 35.6 Å². The number of halogens is 2. The van der Waals surface area contributed by atoms with Gasteiger partial charge in [0.1, 0.15) is 0 Å². The van der Waals surface area contributed by atoms with E-state index >= 15 is 0 Å². The first-order chi connectivity index (χ1) is 13.0. The lowest BCUT2D eigenvalue weighted by Crippen LogP contribution is -2.68. The molecule has 0 radical (unpaired) electrons. The van der Waals surface area contributed by atoms with Crippen LogP contribution in [0.3, 0.4) is 0 Å². The molecule has 7 heteroatoms. The molecule has 3 fully saturated rings. The van der Waals surface area contributed by atoms with Crippen molar-refractivity contribution >= 4 is 41.5 Å². The molecular weight excluding hydrogens is 487 g/mol. The van der Waals surface area contributed by atoms with Gasteiger partial charge in [-0.3, -0.25) is 9.89 Å². The zero-order valence-electron chi connectivity index (χ0n) is 17.0. The summed E-state index contributed by atoms with van der Waals surface area (Å²) in [6, 6.07) is 8.62. The first-order valence-corrected chi connectivity index (χ1v) is 10.4. The Morgan fingerprint density at radius 1 is 1.29 bits per heavy atom. The zero-order chi connectivity index (χ0) is 19.0. The van der Waals surface area contributed by atoms with E-state index in [0.717, 1.165) is 56.7 Å². The summed E-state index contributed by atoms with van der Waals surface area (Å²) in [6.45, 7) is 10.6. The van der Waals surface area contributed by atoms with Gasteiger partial charge in [-0.05, 0) is 24.1 Å². The largest absolute Gasteiger partial charge is 0.377 e. The molecule has 28 heavy (non-hydrogen) atoms. The van der Waals surface area contributed by atoms with Crippen molar-refractivity contribution in [3.63, 3.8) is 0 Å². The number of guanidine groups is 1. The second-order valence-corrected chi connectivity index (χ2v) is 9.06. The van der Waals surface area contributed by atoms with Crippen LogP contribution in [0.1, 0.15) is 25.8 Å². The third kappa shape index (κ3) is 4.30. The minimum Gasteiger partial charge on any atom is -0.377 e. The van der Waals surface area contributed by atoms with Crippen LogP contribution in [0, 0.1) is 11.3 Å². The summed E-state index contributed by atoms with van der Waals surface area (Å²) in [5.41, 5.74) is 1.45. The van der Waals surface area contributed by atoms with Gasteiger partial charge in [0.25, 0.3) is 0 Å². The Kier molecular flexibility index (Phi) is 7.16. The Labute approximate surface area is 190 Å². The minimum atomic E-state index is 0. The summed E-state index contributed by atoms with van der Waals surface area (Å²) in [5, 5.41) is 4.58. The van der Waals surface area contributed by atoms with Crippen LogP contribution in [-0.4, -0.2) is 67.7 Å². The van der Waals surface area contributed by atoms with E-state index in [9.17, 15) is 0 Å². The van der Waals surface area contributed by atoms with Crippen molar-refractivity contribution in [2.24, 2.45) is 16.3 Å². The molecule has 1 aromatic carbocycles. The Hall–Kier alpha value is -0.570. The van der Waals surface area contributed by atoms with Gasteiger partial charge in [0.15, 0.2) is 5.96 Å². The van der Waals surface area contributed by atoms with Gasteiger partial charge < -0.3 is 15.0 Å². The molecule has 2 saturated heterocycles. The summed E-state index contributed by atoms with van der Waals surface area (Å²) in [5.74, 6) is 1.67. The summed E-state index contributed by atoms with van der Waals surface area (Å²) < 4.78 is 5.93. The molecule has 5 nitrogen and oxygen atoms in total. The summed E-state index contributed by atoms with van der Waals surface area (Å²) in [7, 11) is 1.90. The molecule has 3 atom stereocenters. The number of piperazine rings is 1. The smallest absolute Gasteiger partial charge is 0.193 e. The number of nitrogens with one attached hydrogen (secondary N) is 1. The van der Waals surface area contributed by atoms with E-state index in [0.29, 0.717) is 18.1 Å². The van der Waals surface area contributed by atoms with E-state index in [2.05, 4.69) is 46.1 Å². The van der Waals surface area contributed by atoms with E-state index in [1.807, 2.05) is 19.2 Å². The molecular formula is C21H32ClIN4O. The topological polar surface area (TPSA) is 40.1 Å². The van der Waals surface area contributed by atoms with E-state index in [4.69, 9.17) is 16.3 Å². The van der Waals surface area contributed by atoms with Crippen molar-refractivity contribution in [1.82, 2.24) is 15.1 Å². The van der Waals surface area contributed by atoms with Crippen molar-refractivity contribution in [3.8, 4) is 0 Å². The van der Waals surface area contributed by atoms with E-state index < -0.39 is 0 Å². The van der Waals surface area contributed by atoms with Crippen molar-refractivity contribution < 1.29 is 4.74 Å². The molecule has 3 unspecified atom stereocenters. The highest BCUT2D eigenvalue weighted by Gasteiger charge is 2.59. The minimum absolute atomic E-state index is 0. The molecule has 1 saturated carbocycles. The highest BCUT2D eigenvalue weighted by molar-refractivity contribution is 14.0. The third-order valence-corrected chi connectivity index (χ3v) is 6.80. The van der Waals surface area contributed by atoms with Crippen LogP contribution in [0.25, 0.3) is 0 Å². The van der Waals surface area contributed by atoms with Gasteiger partial charge in [0.2, 0.25) is 0 Å². The third-order valence-electron chi connectivity index (χ3n) is 6.56. The van der Waals surface area contributed by atoms with E-state index in [1.165, 1.54) is 5.56 Å². The molecule has 2 heterocycles. The predicted molar refractivity (Wildman–Crippen MR) is 126 cm³/mol. The van der Waals surface area contributed by atoms with Crippen LogP contribution in [-0.2, 0) is 11.3 Å². The van der Waals surface area contributed by atoms with E-state index in [-0.39, 0.29) is 29.4 Å². The van der Waals surface area contributed by atoms with Gasteiger partial charge in [0.05, 0.1) is 6.10 Å². The predicted octanol–water partition coefficient (Wildman–Crippen LogP) is 3.46. The molecule has 0 aromatic heterocycles. The van der Waals surface area contributed by atoms with Crippen molar-refractivity contribution in [3.05, 3.63) is 34.9 Å². The van der Waals surface area contributed by atoms with Gasteiger partial charge in [-0.25, -0.2) is 0 Å². The van der Waals surface area contributed by atoms with Crippen molar-refractivity contribution in [2.45, 2.75) is 39.0 Å². The van der Waals surface area contributed by atoms with Crippen LogP contribution in [0.4, 0.5) is 0 Å². The van der Waals surface area contributed by atoms with Gasteiger partial charge in [-0.15, -0.1) is 24.0 Å². The fourth-order valence-electron chi connectivity index (χ4n) is 5.06. The lowest BCUT2D eigenvalue weighted by molar-refractivity contribution is -0.107. The molecule has 0 amide bonds. The average molecular weight is 519 g/mol. The Morgan fingerprint density at radius 2 is 2.04 bits per heavy atom. The maximum Gasteiger partial charge on any atom is 0.193 e. The molecule has 3 aliphatic rings. The highest BCUT2D eigenvalue weighted by atomic mass is 127. The molecule has 2 aliphatic heterocycles. The van der Waals surface area contributed by atoms with Crippen LogP contribution < -0.4 is 5.32 Å². The zero-order valence-corrected chi connectivity index (χ0v) is 20.1. The Bertz CT molecular complexity index is 705. The number of fused-ring (bicyclic) bond motifs is 1. The maximum atomic E-state index is 6.12. The SMILES string of the molecule is CN=C(NC1C2CCOC2C1(C)C)N1CCN(Cc2cccc(Cl)c2)CC1.I. The van der Waals surface area contributed by atoms with Crippen LogP contribution in [0.2, 0.25) is 5.02 Å². The number of nitrogens with zero attached hydrogens (tertiary/aromatic N) is 3. The number of aliphatic imine (C=N–C) groups is 1. The second-order valence-electron chi connectivity index (χ2n) is 8.63. The van der Waals surface area contributed by atoms with Crippen LogP contribution in [0.5, 0.6) is 0 Å². The number of ether oxygens (including phenoxy) is 1. The fourth-order valence-corrected chi connectivity index (χ4v) is 5.28. The first kappa shape index (κ1) is 22.1. The van der Waals surface area contributed by atoms with Gasteiger partial charge in [-0.2, -0.15) is 0 Å². The van der Waals surface area contributed by atoms with E-state index in [1.54, 1.807) is 0 Å². The number of benzene rings is 1.